The van der Waals surface area contributed by atoms with Gasteiger partial charge < -0.3 is 5.32 Å². The molecule has 1 aromatic heterocycles. The molecule has 4 nitrogen and oxygen atoms in total. The van der Waals surface area contributed by atoms with Crippen molar-refractivity contribution in [1.82, 2.24) is 14.9 Å². The van der Waals surface area contributed by atoms with Crippen molar-refractivity contribution in [2.45, 2.75) is 0 Å². The molecule has 0 aromatic carbocycles. The van der Waals surface area contributed by atoms with Crippen LogP contribution in [0, 0.1) is 0 Å². The van der Waals surface area contributed by atoms with E-state index >= 15 is 0 Å². The molecule has 2 heterocycles. The zero-order valence-corrected chi connectivity index (χ0v) is 9.54. The third-order valence-corrected chi connectivity index (χ3v) is 3.36. The Morgan fingerprint density at radius 2 is 2.27 bits per heavy atom. The van der Waals surface area contributed by atoms with E-state index in [-0.39, 0.29) is 0 Å². The fourth-order valence-corrected chi connectivity index (χ4v) is 2.54. The number of thioether (sulfide) groups is 1. The molecule has 2 rings (SSSR count). The molecular formula is C10H16N4S. The van der Waals surface area contributed by atoms with Crippen molar-refractivity contribution in [3.05, 3.63) is 18.6 Å². The predicted octanol–water partition coefficient (Wildman–Crippen LogP) is 0.937. The quantitative estimate of drug-likeness (QED) is 0.824. The molecule has 1 saturated heterocycles. The van der Waals surface area contributed by atoms with E-state index < -0.39 is 0 Å². The third kappa shape index (κ3) is 3.68. The molecule has 0 aliphatic carbocycles. The van der Waals surface area contributed by atoms with Crippen molar-refractivity contribution in [2.24, 2.45) is 0 Å². The SMILES string of the molecule is c1cc(NCCN2CCSCC2)ncn1. The highest BCUT2D eigenvalue weighted by Gasteiger charge is 2.08. The van der Waals surface area contributed by atoms with Crippen molar-refractivity contribution < 1.29 is 0 Å². The Kier molecular flexibility index (Phi) is 4.23. The molecule has 15 heavy (non-hydrogen) atoms. The lowest BCUT2D eigenvalue weighted by molar-refractivity contribution is 0.314. The lowest BCUT2D eigenvalue weighted by Crippen LogP contribution is -2.36. The first-order valence-corrected chi connectivity index (χ1v) is 6.40. The van der Waals surface area contributed by atoms with Crippen LogP contribution in [0.3, 0.4) is 0 Å². The molecule has 0 amide bonds. The minimum absolute atomic E-state index is 0.913. The van der Waals surface area contributed by atoms with Crippen LogP contribution in [0.5, 0.6) is 0 Å². The summed E-state index contributed by atoms with van der Waals surface area (Å²) < 4.78 is 0. The van der Waals surface area contributed by atoms with Gasteiger partial charge in [0.1, 0.15) is 12.1 Å². The van der Waals surface area contributed by atoms with Gasteiger partial charge in [-0.3, -0.25) is 4.90 Å². The number of anilines is 1. The van der Waals surface area contributed by atoms with Gasteiger partial charge >= 0.3 is 0 Å². The zero-order valence-electron chi connectivity index (χ0n) is 8.72. The molecule has 1 N–H and O–H groups in total. The van der Waals surface area contributed by atoms with Gasteiger partial charge in [0.2, 0.25) is 0 Å². The van der Waals surface area contributed by atoms with Crippen LogP contribution in [0.1, 0.15) is 0 Å². The molecule has 5 heteroatoms. The van der Waals surface area contributed by atoms with Crippen LogP contribution in [0.25, 0.3) is 0 Å². The summed E-state index contributed by atoms with van der Waals surface area (Å²) in [6.07, 6.45) is 3.33. The van der Waals surface area contributed by atoms with Crippen LogP contribution in [-0.2, 0) is 0 Å². The average molecular weight is 224 g/mol. The van der Waals surface area contributed by atoms with Crippen LogP contribution in [-0.4, -0.2) is 52.6 Å². The van der Waals surface area contributed by atoms with Gasteiger partial charge in [0.25, 0.3) is 0 Å². The largest absolute Gasteiger partial charge is 0.369 e. The summed E-state index contributed by atoms with van der Waals surface area (Å²) >= 11 is 2.05. The van der Waals surface area contributed by atoms with Gasteiger partial charge in [-0.25, -0.2) is 9.97 Å². The van der Waals surface area contributed by atoms with E-state index in [1.807, 2.05) is 17.8 Å². The fourth-order valence-electron chi connectivity index (χ4n) is 1.56. The topological polar surface area (TPSA) is 41.0 Å². The Balaban J connectivity index is 1.66. The monoisotopic (exact) mass is 224 g/mol. The molecule has 0 unspecified atom stereocenters. The van der Waals surface area contributed by atoms with E-state index in [0.717, 1.165) is 18.9 Å². The fraction of sp³-hybridized carbons (Fsp3) is 0.600. The molecule has 0 saturated carbocycles. The number of nitrogens with one attached hydrogen (secondary N) is 1. The second kappa shape index (κ2) is 5.92. The van der Waals surface area contributed by atoms with E-state index in [2.05, 4.69) is 20.2 Å². The summed E-state index contributed by atoms with van der Waals surface area (Å²) in [6, 6.07) is 1.89. The van der Waals surface area contributed by atoms with E-state index in [9.17, 15) is 0 Å². The molecule has 0 atom stereocenters. The zero-order chi connectivity index (χ0) is 10.3. The maximum atomic E-state index is 4.12. The summed E-state index contributed by atoms with van der Waals surface area (Å²) in [5.41, 5.74) is 0. The van der Waals surface area contributed by atoms with Gasteiger partial charge in [-0.15, -0.1) is 0 Å². The molecule has 1 fully saturated rings. The average Bonchev–Trinajstić information content (AvgIpc) is 2.32. The summed E-state index contributed by atoms with van der Waals surface area (Å²) in [4.78, 5) is 10.5. The van der Waals surface area contributed by atoms with Crippen molar-refractivity contribution in [3.63, 3.8) is 0 Å². The normalized spacial score (nSPS) is 17.6. The van der Waals surface area contributed by atoms with E-state index in [1.54, 1.807) is 12.5 Å². The van der Waals surface area contributed by atoms with Crippen molar-refractivity contribution in [2.75, 3.05) is 43.0 Å². The molecule has 1 aliphatic rings. The molecular weight excluding hydrogens is 208 g/mol. The lowest BCUT2D eigenvalue weighted by atomic mass is 10.4. The maximum absolute atomic E-state index is 4.12. The van der Waals surface area contributed by atoms with Crippen molar-refractivity contribution in [1.29, 1.82) is 0 Å². The second-order valence-corrected chi connectivity index (χ2v) is 4.70. The molecule has 0 spiro atoms. The summed E-state index contributed by atoms with van der Waals surface area (Å²) in [6.45, 7) is 4.50. The smallest absolute Gasteiger partial charge is 0.129 e. The van der Waals surface area contributed by atoms with Gasteiger partial charge in [-0.2, -0.15) is 11.8 Å². The molecule has 1 aliphatic heterocycles. The van der Waals surface area contributed by atoms with Crippen LogP contribution in [0.4, 0.5) is 5.82 Å². The van der Waals surface area contributed by atoms with Crippen LogP contribution in [0.2, 0.25) is 0 Å². The van der Waals surface area contributed by atoms with Crippen molar-refractivity contribution >= 4 is 17.6 Å². The highest BCUT2D eigenvalue weighted by Crippen LogP contribution is 2.08. The first-order valence-electron chi connectivity index (χ1n) is 5.25. The first kappa shape index (κ1) is 10.7. The standard InChI is InChI=1S/C10H16N4S/c1-2-11-9-13-10(1)12-3-4-14-5-7-15-8-6-14/h1-2,9H,3-8H2,(H,11,12,13). The summed E-state index contributed by atoms with van der Waals surface area (Å²) in [5, 5.41) is 3.29. The van der Waals surface area contributed by atoms with Crippen LogP contribution >= 0.6 is 11.8 Å². The van der Waals surface area contributed by atoms with Crippen molar-refractivity contribution in [3.8, 4) is 0 Å². The number of hydrogen-bond acceptors (Lipinski definition) is 5. The van der Waals surface area contributed by atoms with Crippen LogP contribution in [0.15, 0.2) is 18.6 Å². The Morgan fingerprint density at radius 3 is 3.00 bits per heavy atom. The number of nitrogens with zero attached hydrogens (tertiary/aromatic N) is 3. The Labute approximate surface area is 94.5 Å². The number of rotatable bonds is 4. The van der Waals surface area contributed by atoms with Gasteiger partial charge in [-0.05, 0) is 6.07 Å². The molecule has 1 aromatic rings. The first-order chi connectivity index (χ1) is 7.45. The van der Waals surface area contributed by atoms with E-state index in [1.165, 1.54) is 24.6 Å². The number of hydrogen-bond donors (Lipinski definition) is 1. The Morgan fingerprint density at radius 1 is 1.40 bits per heavy atom. The lowest BCUT2D eigenvalue weighted by Gasteiger charge is -2.26. The maximum Gasteiger partial charge on any atom is 0.129 e. The van der Waals surface area contributed by atoms with E-state index in [4.69, 9.17) is 0 Å². The van der Waals surface area contributed by atoms with Crippen LogP contribution < -0.4 is 5.32 Å². The Bertz CT molecular complexity index is 274. The highest BCUT2D eigenvalue weighted by atomic mass is 32.2. The summed E-state index contributed by atoms with van der Waals surface area (Å²) in [5.74, 6) is 3.46. The second-order valence-electron chi connectivity index (χ2n) is 3.48. The minimum Gasteiger partial charge on any atom is -0.369 e. The summed E-state index contributed by atoms with van der Waals surface area (Å²) in [7, 11) is 0. The molecule has 82 valence electrons. The highest BCUT2D eigenvalue weighted by molar-refractivity contribution is 7.99. The van der Waals surface area contributed by atoms with Gasteiger partial charge in [0.15, 0.2) is 0 Å². The van der Waals surface area contributed by atoms with Gasteiger partial charge in [0.05, 0.1) is 0 Å². The van der Waals surface area contributed by atoms with Gasteiger partial charge in [0, 0.05) is 43.9 Å². The minimum atomic E-state index is 0.913. The third-order valence-electron chi connectivity index (χ3n) is 2.42. The van der Waals surface area contributed by atoms with Gasteiger partial charge in [-0.1, -0.05) is 0 Å². The van der Waals surface area contributed by atoms with E-state index in [0.29, 0.717) is 0 Å². The number of aromatic nitrogens is 2. The molecule has 0 radical (unpaired) electrons. The molecule has 0 bridgehead atoms. The predicted molar refractivity (Wildman–Crippen MR) is 64.3 cm³/mol. The Hall–Kier alpha value is -0.810.